The van der Waals surface area contributed by atoms with Gasteiger partial charge in [-0.2, -0.15) is 13.2 Å². The van der Waals surface area contributed by atoms with E-state index < -0.39 is 17.6 Å². The molecule has 1 aromatic carbocycles. The van der Waals surface area contributed by atoms with E-state index in [1.54, 1.807) is 0 Å². The number of hydrogen-bond donors (Lipinski definition) is 1. The Kier molecular flexibility index (Phi) is 5.78. The molecule has 7 heteroatoms. The lowest BCUT2D eigenvalue weighted by molar-refractivity contribution is -0.138. The van der Waals surface area contributed by atoms with Crippen molar-refractivity contribution in [2.45, 2.75) is 12.6 Å². The van der Waals surface area contributed by atoms with Crippen molar-refractivity contribution in [1.29, 1.82) is 0 Å². The summed E-state index contributed by atoms with van der Waals surface area (Å²) in [4.78, 5) is 16.1. The van der Waals surface area contributed by atoms with E-state index in [1.165, 1.54) is 19.2 Å². The number of hydrogen-bond acceptors (Lipinski definition) is 3. The molecule has 0 saturated carbocycles. The van der Waals surface area contributed by atoms with Crippen LogP contribution in [0.2, 0.25) is 0 Å². The third-order valence-corrected chi connectivity index (χ3v) is 2.19. The molecule has 0 bridgehead atoms. The second-order valence-electron chi connectivity index (χ2n) is 3.74. The highest BCUT2D eigenvalue weighted by Crippen LogP contribution is 2.29. The molecule has 0 aliphatic carbocycles. The number of methoxy groups -OCH3 is 1. The van der Waals surface area contributed by atoms with Gasteiger partial charge in [0.05, 0.1) is 25.2 Å². The van der Waals surface area contributed by atoms with Crippen LogP contribution < -0.4 is 5.48 Å². The first-order valence-electron chi connectivity index (χ1n) is 5.49. The monoisotopic (exact) mass is 277 g/mol. The Balaban J connectivity index is 2.50. The van der Waals surface area contributed by atoms with Crippen LogP contribution in [0.5, 0.6) is 0 Å². The maximum atomic E-state index is 12.5. The van der Waals surface area contributed by atoms with Gasteiger partial charge in [-0.1, -0.05) is 18.2 Å². The van der Waals surface area contributed by atoms with Crippen molar-refractivity contribution in [2.24, 2.45) is 0 Å². The van der Waals surface area contributed by atoms with E-state index >= 15 is 0 Å². The minimum absolute atomic E-state index is 0.171. The van der Waals surface area contributed by atoms with Gasteiger partial charge in [0.25, 0.3) is 0 Å². The number of hydroxylamine groups is 1. The highest BCUT2D eigenvalue weighted by molar-refractivity contribution is 5.77. The van der Waals surface area contributed by atoms with E-state index in [0.29, 0.717) is 6.61 Å². The van der Waals surface area contributed by atoms with Gasteiger partial charge in [-0.3, -0.25) is 9.63 Å². The lowest BCUT2D eigenvalue weighted by Gasteiger charge is -2.09. The summed E-state index contributed by atoms with van der Waals surface area (Å²) >= 11 is 0. The van der Waals surface area contributed by atoms with Crippen LogP contribution in [0.4, 0.5) is 13.2 Å². The molecule has 0 aliphatic heterocycles. The Morgan fingerprint density at radius 2 is 2.05 bits per heavy atom. The number of benzene rings is 1. The van der Waals surface area contributed by atoms with Crippen LogP contribution in [-0.2, 0) is 27.0 Å². The molecule has 1 amide bonds. The van der Waals surface area contributed by atoms with Crippen molar-refractivity contribution in [2.75, 3.05) is 20.3 Å². The van der Waals surface area contributed by atoms with Crippen LogP contribution in [0.1, 0.15) is 11.1 Å². The largest absolute Gasteiger partial charge is 0.416 e. The molecule has 19 heavy (non-hydrogen) atoms. The van der Waals surface area contributed by atoms with Crippen LogP contribution in [0, 0.1) is 0 Å². The molecule has 0 unspecified atom stereocenters. The smallest absolute Gasteiger partial charge is 0.382 e. The highest BCUT2D eigenvalue weighted by Gasteiger charge is 2.30. The number of nitrogens with one attached hydrogen (secondary N) is 1. The number of amides is 1. The topological polar surface area (TPSA) is 47.6 Å². The van der Waals surface area contributed by atoms with Gasteiger partial charge < -0.3 is 4.74 Å². The van der Waals surface area contributed by atoms with Crippen LogP contribution in [0.3, 0.4) is 0 Å². The third kappa shape index (κ3) is 5.71. The molecule has 0 saturated heterocycles. The van der Waals surface area contributed by atoms with Crippen molar-refractivity contribution in [3.05, 3.63) is 35.4 Å². The number of carbonyl (C=O) groups excluding carboxylic acids is 1. The number of carbonyl (C=O) groups is 1. The fourth-order valence-corrected chi connectivity index (χ4v) is 1.34. The molecule has 0 aromatic heterocycles. The van der Waals surface area contributed by atoms with Crippen LogP contribution in [0.25, 0.3) is 0 Å². The van der Waals surface area contributed by atoms with Gasteiger partial charge in [-0.05, 0) is 11.6 Å². The Bertz CT molecular complexity index is 421. The first-order valence-corrected chi connectivity index (χ1v) is 5.49. The van der Waals surface area contributed by atoms with Crippen molar-refractivity contribution >= 4 is 5.91 Å². The van der Waals surface area contributed by atoms with Crippen LogP contribution in [-0.4, -0.2) is 26.2 Å². The second kappa shape index (κ2) is 7.10. The van der Waals surface area contributed by atoms with E-state index in [0.717, 1.165) is 12.1 Å². The van der Waals surface area contributed by atoms with E-state index in [-0.39, 0.29) is 18.6 Å². The molecular weight excluding hydrogens is 263 g/mol. The minimum Gasteiger partial charge on any atom is -0.382 e. The number of rotatable bonds is 6. The lowest BCUT2D eigenvalue weighted by Crippen LogP contribution is -2.27. The molecule has 0 aliphatic rings. The predicted octanol–water partition coefficient (Wildman–Crippen LogP) is 1.94. The first kappa shape index (κ1) is 15.5. The highest BCUT2D eigenvalue weighted by atomic mass is 19.4. The van der Waals surface area contributed by atoms with Crippen molar-refractivity contribution < 1.29 is 27.5 Å². The maximum Gasteiger partial charge on any atom is 0.416 e. The van der Waals surface area contributed by atoms with Gasteiger partial charge >= 0.3 is 6.18 Å². The number of halogens is 3. The van der Waals surface area contributed by atoms with E-state index in [9.17, 15) is 18.0 Å². The molecule has 106 valence electrons. The maximum absolute atomic E-state index is 12.5. The SMILES string of the molecule is COCCONC(=O)Cc1cccc(C(F)(F)F)c1. The molecule has 1 N–H and O–H groups in total. The molecule has 0 atom stereocenters. The molecule has 0 spiro atoms. The van der Waals surface area contributed by atoms with Gasteiger partial charge in [-0.25, -0.2) is 5.48 Å². The summed E-state index contributed by atoms with van der Waals surface area (Å²) in [5, 5.41) is 0. The summed E-state index contributed by atoms with van der Waals surface area (Å²) < 4.78 is 42.1. The zero-order chi connectivity index (χ0) is 14.3. The van der Waals surface area contributed by atoms with Crippen molar-refractivity contribution in [3.63, 3.8) is 0 Å². The fraction of sp³-hybridized carbons (Fsp3) is 0.417. The van der Waals surface area contributed by atoms with E-state index in [4.69, 9.17) is 9.57 Å². The molecule has 0 radical (unpaired) electrons. The Hall–Kier alpha value is -1.60. The van der Waals surface area contributed by atoms with Crippen molar-refractivity contribution in [3.8, 4) is 0 Å². The normalized spacial score (nSPS) is 11.4. The summed E-state index contributed by atoms with van der Waals surface area (Å²) in [5.74, 6) is -0.518. The van der Waals surface area contributed by atoms with Gasteiger partial charge in [0, 0.05) is 7.11 Å². The quantitative estimate of drug-likeness (QED) is 0.638. The summed E-state index contributed by atoms with van der Waals surface area (Å²) in [6.45, 7) is 0.481. The van der Waals surface area contributed by atoms with Crippen molar-refractivity contribution in [1.82, 2.24) is 5.48 Å². The lowest BCUT2D eigenvalue weighted by atomic mass is 10.1. The number of alkyl halides is 3. The Morgan fingerprint density at radius 1 is 1.32 bits per heavy atom. The summed E-state index contributed by atoms with van der Waals surface area (Å²) in [5.41, 5.74) is 1.61. The Labute approximate surface area is 108 Å². The van der Waals surface area contributed by atoms with Gasteiger partial charge in [-0.15, -0.1) is 0 Å². The third-order valence-electron chi connectivity index (χ3n) is 2.19. The fourth-order valence-electron chi connectivity index (χ4n) is 1.34. The minimum atomic E-state index is -4.42. The van der Waals surface area contributed by atoms with Gasteiger partial charge in [0.2, 0.25) is 5.91 Å². The molecule has 1 rings (SSSR count). The summed E-state index contributed by atoms with van der Waals surface area (Å²) in [6, 6.07) is 4.60. The standard InChI is InChI=1S/C12H14F3NO3/c1-18-5-6-19-16-11(17)8-9-3-2-4-10(7-9)12(13,14)15/h2-4,7H,5-6,8H2,1H3,(H,16,17). The number of ether oxygens (including phenoxy) is 1. The van der Waals surface area contributed by atoms with Crippen LogP contribution >= 0.6 is 0 Å². The zero-order valence-corrected chi connectivity index (χ0v) is 10.3. The Morgan fingerprint density at radius 3 is 2.68 bits per heavy atom. The molecular formula is C12H14F3NO3. The second-order valence-corrected chi connectivity index (χ2v) is 3.74. The average Bonchev–Trinajstić information content (AvgIpc) is 2.34. The zero-order valence-electron chi connectivity index (χ0n) is 10.3. The molecule has 4 nitrogen and oxygen atoms in total. The molecule has 0 heterocycles. The van der Waals surface area contributed by atoms with Gasteiger partial charge in [0.1, 0.15) is 0 Å². The van der Waals surface area contributed by atoms with E-state index in [1.807, 2.05) is 0 Å². The first-order chi connectivity index (χ1) is 8.93. The van der Waals surface area contributed by atoms with Gasteiger partial charge in [0.15, 0.2) is 0 Å². The predicted molar refractivity (Wildman–Crippen MR) is 61.1 cm³/mol. The summed E-state index contributed by atoms with van der Waals surface area (Å²) in [6.07, 6.45) is -4.60. The average molecular weight is 277 g/mol. The summed E-state index contributed by atoms with van der Waals surface area (Å²) in [7, 11) is 1.48. The van der Waals surface area contributed by atoms with Crippen LogP contribution in [0.15, 0.2) is 24.3 Å². The molecule has 0 fully saturated rings. The van der Waals surface area contributed by atoms with E-state index in [2.05, 4.69) is 5.48 Å². The molecule has 1 aromatic rings.